The molecular formula is C38H56. The lowest BCUT2D eigenvalue weighted by atomic mass is 9.71. The summed E-state index contributed by atoms with van der Waals surface area (Å²) in [6, 6.07) is 27.2. The number of hydrogen-bond acceptors (Lipinski definition) is 0. The van der Waals surface area contributed by atoms with E-state index < -0.39 is 0 Å². The van der Waals surface area contributed by atoms with E-state index in [1.54, 1.807) is 25.7 Å². The SMILES string of the molecule is C1CCC2CCCCC2C1.CC(C)C1CCCCC1.CC(C)c1ccccc1.c1ccc2ccccc2c1. The molecule has 3 aliphatic carbocycles. The molecule has 0 heterocycles. The van der Waals surface area contributed by atoms with Gasteiger partial charge in [0.15, 0.2) is 0 Å². The van der Waals surface area contributed by atoms with E-state index in [0.29, 0.717) is 5.92 Å². The van der Waals surface area contributed by atoms with Gasteiger partial charge in [-0.05, 0) is 45.9 Å². The van der Waals surface area contributed by atoms with Crippen LogP contribution in [0.5, 0.6) is 0 Å². The van der Waals surface area contributed by atoms with E-state index in [-0.39, 0.29) is 0 Å². The Kier molecular flexibility index (Phi) is 14.0. The van der Waals surface area contributed by atoms with E-state index >= 15 is 0 Å². The summed E-state index contributed by atoms with van der Waals surface area (Å²) >= 11 is 0. The van der Waals surface area contributed by atoms with Crippen LogP contribution in [0.2, 0.25) is 0 Å². The molecule has 0 aliphatic heterocycles. The monoisotopic (exact) mass is 512 g/mol. The number of hydrogen-bond donors (Lipinski definition) is 0. The smallest absolute Gasteiger partial charge is 0.0184 e. The van der Waals surface area contributed by atoms with Gasteiger partial charge in [0.2, 0.25) is 0 Å². The first-order valence-electron chi connectivity index (χ1n) is 16.0. The maximum atomic E-state index is 2.36. The minimum atomic E-state index is 0.659. The second-order valence-electron chi connectivity index (χ2n) is 12.6. The van der Waals surface area contributed by atoms with Gasteiger partial charge in [0.1, 0.15) is 0 Å². The molecule has 208 valence electrons. The minimum Gasteiger partial charge on any atom is -0.0625 e. The van der Waals surface area contributed by atoms with Crippen molar-refractivity contribution in [3.63, 3.8) is 0 Å². The predicted octanol–water partition coefficient (Wildman–Crippen LogP) is 12.2. The third-order valence-electron chi connectivity index (χ3n) is 9.18. The molecule has 3 saturated carbocycles. The van der Waals surface area contributed by atoms with Gasteiger partial charge in [-0.3, -0.25) is 0 Å². The Morgan fingerprint density at radius 3 is 1.13 bits per heavy atom. The molecule has 0 spiro atoms. The molecule has 3 aliphatic rings. The minimum absolute atomic E-state index is 0.659. The second kappa shape index (κ2) is 17.5. The van der Waals surface area contributed by atoms with E-state index in [2.05, 4.69) is 100 Å². The molecule has 0 aromatic heterocycles. The summed E-state index contributed by atoms with van der Waals surface area (Å²) in [6.07, 6.45) is 19.8. The molecule has 0 amide bonds. The predicted molar refractivity (Wildman–Crippen MR) is 170 cm³/mol. The van der Waals surface area contributed by atoms with Gasteiger partial charge in [0, 0.05) is 0 Å². The van der Waals surface area contributed by atoms with E-state index in [0.717, 1.165) is 23.7 Å². The second-order valence-corrected chi connectivity index (χ2v) is 12.6. The van der Waals surface area contributed by atoms with E-state index in [9.17, 15) is 0 Å². The fourth-order valence-electron chi connectivity index (χ4n) is 6.63. The van der Waals surface area contributed by atoms with Crippen molar-refractivity contribution in [3.8, 4) is 0 Å². The zero-order chi connectivity index (χ0) is 27.0. The molecule has 0 radical (unpaired) electrons. The highest BCUT2D eigenvalue weighted by molar-refractivity contribution is 5.82. The van der Waals surface area contributed by atoms with Gasteiger partial charge in [-0.25, -0.2) is 0 Å². The standard InChI is InChI=1S/C10H18.C10H8.C9H18.C9H12/c2*1-2-6-10-8-4-3-7-9(10)5-1;2*1-8(2)9-6-4-3-5-7-9/h9-10H,1-8H2;1-8H;8-9H,3-7H2,1-2H3;3-8H,1-2H3. The van der Waals surface area contributed by atoms with Crippen LogP contribution in [0, 0.1) is 23.7 Å². The molecule has 38 heavy (non-hydrogen) atoms. The lowest BCUT2D eigenvalue weighted by Crippen LogP contribution is -2.22. The van der Waals surface area contributed by atoms with Crippen molar-refractivity contribution in [3.05, 3.63) is 84.4 Å². The van der Waals surface area contributed by atoms with Crippen molar-refractivity contribution >= 4 is 10.8 Å². The fourth-order valence-corrected chi connectivity index (χ4v) is 6.63. The third kappa shape index (κ3) is 11.0. The van der Waals surface area contributed by atoms with Crippen molar-refractivity contribution < 1.29 is 0 Å². The van der Waals surface area contributed by atoms with Crippen LogP contribution in [0.1, 0.15) is 123 Å². The summed E-state index contributed by atoms with van der Waals surface area (Å²) in [6.45, 7) is 9.12. The Morgan fingerprint density at radius 1 is 0.447 bits per heavy atom. The summed E-state index contributed by atoms with van der Waals surface area (Å²) in [4.78, 5) is 0. The van der Waals surface area contributed by atoms with E-state index in [4.69, 9.17) is 0 Å². The van der Waals surface area contributed by atoms with Crippen molar-refractivity contribution in [2.75, 3.05) is 0 Å². The molecule has 0 atom stereocenters. The van der Waals surface area contributed by atoms with Crippen LogP contribution in [0.4, 0.5) is 0 Å². The summed E-state index contributed by atoms with van der Waals surface area (Å²) in [5.41, 5.74) is 1.41. The van der Waals surface area contributed by atoms with Crippen LogP contribution in [0.15, 0.2) is 78.9 Å². The fraction of sp³-hybridized carbons (Fsp3) is 0.579. The van der Waals surface area contributed by atoms with Crippen molar-refractivity contribution in [1.29, 1.82) is 0 Å². The van der Waals surface area contributed by atoms with Gasteiger partial charge < -0.3 is 0 Å². The van der Waals surface area contributed by atoms with Crippen molar-refractivity contribution in [2.24, 2.45) is 23.7 Å². The molecule has 6 rings (SSSR count). The Labute approximate surface area is 235 Å². The lowest BCUT2D eigenvalue weighted by Gasteiger charge is -2.35. The first kappa shape index (κ1) is 30.5. The van der Waals surface area contributed by atoms with Crippen LogP contribution < -0.4 is 0 Å². The molecule has 3 aromatic rings. The summed E-state index contributed by atoms with van der Waals surface area (Å²) in [5.74, 6) is 4.96. The van der Waals surface area contributed by atoms with Crippen LogP contribution in [-0.4, -0.2) is 0 Å². The number of fused-ring (bicyclic) bond motifs is 2. The summed E-state index contributed by atoms with van der Waals surface area (Å²) < 4.78 is 0. The van der Waals surface area contributed by atoms with Crippen LogP contribution in [-0.2, 0) is 0 Å². The Bertz CT molecular complexity index is 888. The van der Waals surface area contributed by atoms with Gasteiger partial charge in [0.25, 0.3) is 0 Å². The van der Waals surface area contributed by atoms with Crippen molar-refractivity contribution in [1.82, 2.24) is 0 Å². The summed E-state index contributed by atoms with van der Waals surface area (Å²) in [5, 5.41) is 2.62. The van der Waals surface area contributed by atoms with Gasteiger partial charge in [0.05, 0.1) is 0 Å². The maximum absolute atomic E-state index is 2.36. The Hall–Kier alpha value is -2.08. The van der Waals surface area contributed by atoms with E-state index in [1.165, 1.54) is 74.1 Å². The highest BCUT2D eigenvalue weighted by atomic mass is 14.3. The van der Waals surface area contributed by atoms with Gasteiger partial charge in [-0.2, -0.15) is 0 Å². The number of benzene rings is 3. The maximum Gasteiger partial charge on any atom is -0.0184 e. The molecule has 0 saturated heterocycles. The van der Waals surface area contributed by atoms with Gasteiger partial charge >= 0.3 is 0 Å². The first-order chi connectivity index (χ1) is 18.5. The topological polar surface area (TPSA) is 0 Å². The highest BCUT2D eigenvalue weighted by Gasteiger charge is 2.26. The van der Waals surface area contributed by atoms with Crippen LogP contribution >= 0.6 is 0 Å². The van der Waals surface area contributed by atoms with Crippen molar-refractivity contribution in [2.45, 2.75) is 117 Å². The largest absolute Gasteiger partial charge is 0.0625 e. The lowest BCUT2D eigenvalue weighted by molar-refractivity contribution is 0.171. The quantitative estimate of drug-likeness (QED) is 0.320. The van der Waals surface area contributed by atoms with E-state index in [1.807, 2.05) is 6.07 Å². The normalized spacial score (nSPS) is 21.2. The zero-order valence-electron chi connectivity index (χ0n) is 25.1. The average Bonchev–Trinajstić information content (AvgIpc) is 2.99. The summed E-state index contributed by atoms with van der Waals surface area (Å²) in [7, 11) is 0. The van der Waals surface area contributed by atoms with Crippen LogP contribution in [0.3, 0.4) is 0 Å². The zero-order valence-corrected chi connectivity index (χ0v) is 25.1. The third-order valence-corrected chi connectivity index (χ3v) is 9.18. The Morgan fingerprint density at radius 2 is 0.816 bits per heavy atom. The first-order valence-corrected chi connectivity index (χ1v) is 16.0. The number of rotatable bonds is 2. The highest BCUT2D eigenvalue weighted by Crippen LogP contribution is 2.40. The molecule has 0 bridgehead atoms. The molecule has 3 fully saturated rings. The molecular weight excluding hydrogens is 456 g/mol. The van der Waals surface area contributed by atoms with Gasteiger partial charge in [-0.15, -0.1) is 0 Å². The average molecular weight is 513 g/mol. The molecule has 0 heteroatoms. The molecule has 0 nitrogen and oxygen atoms in total. The Balaban J connectivity index is 0.000000141. The molecule has 3 aromatic carbocycles. The van der Waals surface area contributed by atoms with Crippen LogP contribution in [0.25, 0.3) is 10.8 Å². The molecule has 0 unspecified atom stereocenters. The van der Waals surface area contributed by atoms with Gasteiger partial charge in [-0.1, -0.05) is 190 Å². The molecule has 0 N–H and O–H groups in total.